The highest BCUT2D eigenvalue weighted by Gasteiger charge is 2.14. The summed E-state index contributed by atoms with van der Waals surface area (Å²) in [5.41, 5.74) is 3.38. The summed E-state index contributed by atoms with van der Waals surface area (Å²) in [5.74, 6) is -0.248. The lowest BCUT2D eigenvalue weighted by Gasteiger charge is -2.14. The Morgan fingerprint density at radius 1 is 1.29 bits per heavy atom. The van der Waals surface area contributed by atoms with Gasteiger partial charge in [0.2, 0.25) is 0 Å². The van der Waals surface area contributed by atoms with Gasteiger partial charge in [-0.25, -0.2) is 0 Å². The molecule has 1 aromatic carbocycles. The molecule has 0 aliphatic rings. The Hall–Kier alpha value is -2.36. The van der Waals surface area contributed by atoms with Gasteiger partial charge in [0, 0.05) is 17.8 Å². The number of aromatic nitrogens is 1. The van der Waals surface area contributed by atoms with Crippen LogP contribution in [0, 0.1) is 6.92 Å². The van der Waals surface area contributed by atoms with Crippen LogP contribution in [0.4, 0.5) is 0 Å². The molecule has 0 aliphatic heterocycles. The van der Waals surface area contributed by atoms with Crippen LogP contribution >= 0.6 is 0 Å². The number of benzene rings is 1. The van der Waals surface area contributed by atoms with Gasteiger partial charge in [-0.05, 0) is 44.4 Å². The fourth-order valence-corrected chi connectivity index (χ4v) is 2.25. The Morgan fingerprint density at radius 3 is 2.62 bits per heavy atom. The molecule has 0 saturated heterocycles. The van der Waals surface area contributed by atoms with Gasteiger partial charge in [0.1, 0.15) is 5.69 Å². The van der Waals surface area contributed by atoms with E-state index >= 15 is 0 Å². The van der Waals surface area contributed by atoms with Crippen LogP contribution < -0.4 is 5.32 Å². The summed E-state index contributed by atoms with van der Waals surface area (Å²) in [6.07, 6.45) is 2.34. The lowest BCUT2D eigenvalue weighted by Crippen LogP contribution is -2.34. The van der Waals surface area contributed by atoms with Crippen LogP contribution in [0.2, 0.25) is 0 Å². The molecule has 1 amide bonds. The van der Waals surface area contributed by atoms with Gasteiger partial charge in [0.05, 0.1) is 0 Å². The van der Waals surface area contributed by atoms with Gasteiger partial charge in [0.15, 0.2) is 5.78 Å². The van der Waals surface area contributed by atoms with Gasteiger partial charge < -0.3 is 10.3 Å². The smallest absolute Gasteiger partial charge is 0.267 e. The maximum Gasteiger partial charge on any atom is 0.267 e. The average molecular weight is 284 g/mol. The fourth-order valence-electron chi connectivity index (χ4n) is 2.25. The Kier molecular flexibility index (Phi) is 4.58. The quantitative estimate of drug-likeness (QED) is 0.829. The molecule has 1 aromatic heterocycles. The number of hydrogen-bond acceptors (Lipinski definition) is 2. The average Bonchev–Trinajstić information content (AvgIpc) is 2.91. The summed E-state index contributed by atoms with van der Waals surface area (Å²) in [5, 5.41) is 2.94. The highest BCUT2D eigenvalue weighted by Crippen LogP contribution is 2.10. The van der Waals surface area contributed by atoms with Crippen molar-refractivity contribution in [3.05, 3.63) is 58.9 Å². The minimum Gasteiger partial charge on any atom is -0.356 e. The molecule has 0 fully saturated rings. The first-order chi connectivity index (χ1) is 9.97. The topological polar surface area (TPSA) is 62.0 Å². The zero-order valence-electron chi connectivity index (χ0n) is 12.6. The van der Waals surface area contributed by atoms with E-state index in [0.29, 0.717) is 11.3 Å². The van der Waals surface area contributed by atoms with Crippen LogP contribution in [0.3, 0.4) is 0 Å². The molecule has 0 aliphatic carbocycles. The number of carbonyl (C=O) groups is 2. The molecule has 1 atom stereocenters. The van der Waals surface area contributed by atoms with Crippen molar-refractivity contribution < 1.29 is 9.59 Å². The summed E-state index contributed by atoms with van der Waals surface area (Å²) in [4.78, 5) is 26.2. The van der Waals surface area contributed by atoms with Crippen molar-refractivity contribution in [2.75, 3.05) is 0 Å². The number of aryl methyl sites for hydroxylation is 1. The van der Waals surface area contributed by atoms with E-state index < -0.39 is 0 Å². The molecule has 0 radical (unpaired) electrons. The summed E-state index contributed by atoms with van der Waals surface area (Å²) in [7, 11) is 0. The van der Waals surface area contributed by atoms with Crippen molar-refractivity contribution >= 4 is 11.7 Å². The normalized spacial score (nSPS) is 12.0. The van der Waals surface area contributed by atoms with E-state index in [1.807, 2.05) is 19.1 Å². The van der Waals surface area contributed by atoms with Crippen LogP contribution in [0.25, 0.3) is 0 Å². The first kappa shape index (κ1) is 15.0. The van der Waals surface area contributed by atoms with E-state index in [1.54, 1.807) is 12.3 Å². The van der Waals surface area contributed by atoms with Crippen molar-refractivity contribution in [2.45, 2.75) is 33.2 Å². The van der Waals surface area contributed by atoms with Crippen molar-refractivity contribution in [1.29, 1.82) is 0 Å². The second-order valence-electron chi connectivity index (χ2n) is 5.36. The van der Waals surface area contributed by atoms with Crippen LogP contribution in [-0.4, -0.2) is 22.7 Å². The van der Waals surface area contributed by atoms with Crippen LogP contribution in [0.5, 0.6) is 0 Å². The number of Topliss-reactive ketones (excluding diaryl/α,β-unsaturated/α-hetero) is 1. The molecule has 0 spiro atoms. The zero-order chi connectivity index (χ0) is 15.4. The summed E-state index contributed by atoms with van der Waals surface area (Å²) in [6, 6.07) is 9.74. The standard InChI is InChI=1S/C17H20N2O2/c1-11-6-4-5-7-14(11)8-12(2)19-17(21)16-9-15(10-18-16)13(3)20/h4-7,9-10,12,18H,8H2,1-3H3,(H,19,21)/t12-/m0/s1. The molecule has 4 heteroatoms. The van der Waals surface area contributed by atoms with Gasteiger partial charge in [0.25, 0.3) is 5.91 Å². The molecule has 110 valence electrons. The molecular formula is C17H20N2O2. The fraction of sp³-hybridized carbons (Fsp3) is 0.294. The van der Waals surface area contributed by atoms with Crippen molar-refractivity contribution in [3.63, 3.8) is 0 Å². The van der Waals surface area contributed by atoms with E-state index in [4.69, 9.17) is 0 Å². The second-order valence-corrected chi connectivity index (χ2v) is 5.36. The molecule has 4 nitrogen and oxygen atoms in total. The molecule has 1 heterocycles. The third-order valence-corrected chi connectivity index (χ3v) is 3.50. The SMILES string of the molecule is CC(=O)c1c[nH]c(C(=O)N[C@@H](C)Cc2ccccc2C)c1. The molecule has 2 aromatic rings. The maximum atomic E-state index is 12.1. The molecule has 2 N–H and O–H groups in total. The Morgan fingerprint density at radius 2 is 2.00 bits per heavy atom. The van der Waals surface area contributed by atoms with E-state index in [9.17, 15) is 9.59 Å². The lowest BCUT2D eigenvalue weighted by molar-refractivity contribution is 0.0935. The lowest BCUT2D eigenvalue weighted by atomic mass is 10.0. The number of ketones is 1. The van der Waals surface area contributed by atoms with Crippen molar-refractivity contribution in [3.8, 4) is 0 Å². The summed E-state index contributed by atoms with van der Waals surface area (Å²) in [6.45, 7) is 5.51. The number of carbonyl (C=O) groups excluding carboxylic acids is 2. The number of amides is 1. The van der Waals surface area contributed by atoms with E-state index in [0.717, 1.165) is 6.42 Å². The van der Waals surface area contributed by atoms with Crippen LogP contribution in [0.15, 0.2) is 36.5 Å². The van der Waals surface area contributed by atoms with Crippen molar-refractivity contribution in [2.24, 2.45) is 0 Å². The molecule has 0 bridgehead atoms. The van der Waals surface area contributed by atoms with Gasteiger partial charge in [-0.1, -0.05) is 24.3 Å². The highest BCUT2D eigenvalue weighted by molar-refractivity contribution is 5.99. The van der Waals surface area contributed by atoms with Gasteiger partial charge in [-0.2, -0.15) is 0 Å². The minimum atomic E-state index is -0.191. The Labute approximate surface area is 124 Å². The van der Waals surface area contributed by atoms with Gasteiger partial charge >= 0.3 is 0 Å². The number of rotatable bonds is 5. The zero-order valence-corrected chi connectivity index (χ0v) is 12.6. The first-order valence-electron chi connectivity index (χ1n) is 7.02. The third kappa shape index (κ3) is 3.81. The van der Waals surface area contributed by atoms with E-state index in [-0.39, 0.29) is 17.7 Å². The molecule has 0 saturated carbocycles. The monoisotopic (exact) mass is 284 g/mol. The van der Waals surface area contributed by atoms with Crippen LogP contribution in [-0.2, 0) is 6.42 Å². The number of hydrogen-bond donors (Lipinski definition) is 2. The number of aromatic amines is 1. The Bertz CT molecular complexity index is 658. The molecule has 21 heavy (non-hydrogen) atoms. The Balaban J connectivity index is 1.98. The van der Waals surface area contributed by atoms with E-state index in [2.05, 4.69) is 29.4 Å². The minimum absolute atomic E-state index is 0.0164. The predicted octanol–water partition coefficient (Wildman–Crippen LogP) is 2.89. The van der Waals surface area contributed by atoms with Gasteiger partial charge in [-0.15, -0.1) is 0 Å². The van der Waals surface area contributed by atoms with E-state index in [1.165, 1.54) is 18.1 Å². The third-order valence-electron chi connectivity index (χ3n) is 3.50. The molecule has 2 rings (SSSR count). The maximum absolute atomic E-state index is 12.1. The summed E-state index contributed by atoms with van der Waals surface area (Å²) >= 11 is 0. The molecule has 0 unspecified atom stereocenters. The molecular weight excluding hydrogens is 264 g/mol. The van der Waals surface area contributed by atoms with Crippen molar-refractivity contribution in [1.82, 2.24) is 10.3 Å². The van der Waals surface area contributed by atoms with Gasteiger partial charge in [-0.3, -0.25) is 9.59 Å². The van der Waals surface area contributed by atoms with Crippen LogP contribution in [0.1, 0.15) is 45.8 Å². The second kappa shape index (κ2) is 6.39. The largest absolute Gasteiger partial charge is 0.356 e. The predicted molar refractivity (Wildman–Crippen MR) is 82.6 cm³/mol. The first-order valence-corrected chi connectivity index (χ1v) is 7.02. The number of nitrogens with one attached hydrogen (secondary N) is 2. The number of H-pyrrole nitrogens is 1. The summed E-state index contributed by atoms with van der Waals surface area (Å²) < 4.78 is 0. The highest BCUT2D eigenvalue weighted by atomic mass is 16.2.